The highest BCUT2D eigenvalue weighted by atomic mass is 16.5. The van der Waals surface area contributed by atoms with Gasteiger partial charge in [0.15, 0.2) is 0 Å². The molecule has 24 heavy (non-hydrogen) atoms. The first-order valence-corrected chi connectivity index (χ1v) is 8.11. The van der Waals surface area contributed by atoms with Crippen LogP contribution in [0.2, 0.25) is 0 Å². The molecule has 0 saturated carbocycles. The van der Waals surface area contributed by atoms with Gasteiger partial charge in [0.1, 0.15) is 16.9 Å². The van der Waals surface area contributed by atoms with E-state index in [1.165, 1.54) is 7.11 Å². The van der Waals surface area contributed by atoms with E-state index in [1.807, 2.05) is 20.8 Å². The molecule has 0 aliphatic rings. The molecule has 0 saturated heterocycles. The van der Waals surface area contributed by atoms with E-state index in [-0.39, 0.29) is 24.2 Å². The number of esters is 1. The topological polar surface area (TPSA) is 73.9 Å². The van der Waals surface area contributed by atoms with Crippen LogP contribution in [0.4, 0.5) is 5.69 Å². The lowest BCUT2D eigenvalue weighted by Gasteiger charge is -2.25. The third kappa shape index (κ3) is 4.96. The summed E-state index contributed by atoms with van der Waals surface area (Å²) in [6.07, 6.45) is 0.435. The summed E-state index contributed by atoms with van der Waals surface area (Å²) < 4.78 is 16.0. The van der Waals surface area contributed by atoms with E-state index in [4.69, 9.17) is 14.2 Å². The van der Waals surface area contributed by atoms with E-state index >= 15 is 0 Å². The number of ether oxygens (including phenoxy) is 3. The Morgan fingerprint density at radius 2 is 1.92 bits per heavy atom. The third-order valence-electron chi connectivity index (χ3n) is 3.70. The van der Waals surface area contributed by atoms with Crippen molar-refractivity contribution >= 4 is 17.6 Å². The van der Waals surface area contributed by atoms with Gasteiger partial charge in [-0.05, 0) is 52.3 Å². The van der Waals surface area contributed by atoms with Crippen molar-refractivity contribution < 1.29 is 23.8 Å². The number of methoxy groups -OCH3 is 1. The summed E-state index contributed by atoms with van der Waals surface area (Å²) in [6.45, 7) is 9.31. The smallest absolute Gasteiger partial charge is 0.341 e. The number of hydrogen-bond donors (Lipinski definition) is 1. The Hall–Kier alpha value is -2.08. The highest BCUT2D eigenvalue weighted by Crippen LogP contribution is 2.26. The van der Waals surface area contributed by atoms with Gasteiger partial charge in [0.25, 0.3) is 5.91 Å². The van der Waals surface area contributed by atoms with E-state index < -0.39 is 11.6 Å². The first-order chi connectivity index (χ1) is 11.3. The van der Waals surface area contributed by atoms with Crippen molar-refractivity contribution in [1.29, 1.82) is 0 Å². The number of benzene rings is 1. The molecule has 1 amide bonds. The Morgan fingerprint density at radius 3 is 2.42 bits per heavy atom. The fraction of sp³-hybridized carbons (Fsp3) is 0.556. The van der Waals surface area contributed by atoms with E-state index in [0.29, 0.717) is 17.9 Å². The number of carbonyl (C=O) groups is 2. The number of anilines is 1. The average molecular weight is 337 g/mol. The van der Waals surface area contributed by atoms with Crippen LogP contribution >= 0.6 is 0 Å². The van der Waals surface area contributed by atoms with E-state index in [1.54, 1.807) is 32.0 Å². The van der Waals surface area contributed by atoms with Crippen molar-refractivity contribution in [2.24, 2.45) is 0 Å². The molecule has 0 spiro atoms. The quantitative estimate of drug-likeness (QED) is 0.736. The van der Waals surface area contributed by atoms with Gasteiger partial charge in [0, 0.05) is 12.8 Å². The van der Waals surface area contributed by atoms with E-state index in [9.17, 15) is 9.59 Å². The van der Waals surface area contributed by atoms with Gasteiger partial charge < -0.3 is 19.5 Å². The first kappa shape index (κ1) is 20.0. The Labute approximate surface area is 143 Å². The van der Waals surface area contributed by atoms with Crippen molar-refractivity contribution in [2.75, 3.05) is 19.0 Å². The molecule has 0 heterocycles. The molecular weight excluding hydrogens is 310 g/mol. The molecule has 1 atom stereocenters. The zero-order chi connectivity index (χ0) is 18.3. The van der Waals surface area contributed by atoms with Crippen LogP contribution in [0.3, 0.4) is 0 Å². The van der Waals surface area contributed by atoms with E-state index in [0.717, 1.165) is 0 Å². The van der Waals surface area contributed by atoms with Crippen molar-refractivity contribution in [3.05, 3.63) is 23.8 Å². The Morgan fingerprint density at radius 1 is 1.25 bits per heavy atom. The van der Waals surface area contributed by atoms with Crippen molar-refractivity contribution in [2.45, 2.75) is 52.7 Å². The third-order valence-corrected chi connectivity index (χ3v) is 3.70. The minimum atomic E-state index is -0.933. The van der Waals surface area contributed by atoms with Crippen LogP contribution in [-0.4, -0.2) is 37.3 Å². The molecule has 1 aromatic carbocycles. The molecule has 0 aromatic heterocycles. The van der Waals surface area contributed by atoms with Gasteiger partial charge in [-0.1, -0.05) is 6.92 Å². The van der Waals surface area contributed by atoms with E-state index in [2.05, 4.69) is 5.32 Å². The second kappa shape index (κ2) is 8.68. The number of amides is 1. The summed E-state index contributed by atoms with van der Waals surface area (Å²) in [5, 5.41) is 2.78. The molecule has 1 aromatic rings. The molecule has 0 fully saturated rings. The second-order valence-electron chi connectivity index (χ2n) is 5.84. The molecule has 134 valence electrons. The van der Waals surface area contributed by atoms with Gasteiger partial charge in [-0.3, -0.25) is 4.79 Å². The molecule has 0 radical (unpaired) electrons. The minimum absolute atomic E-state index is 0.0875. The fourth-order valence-corrected chi connectivity index (χ4v) is 1.99. The SMILES string of the molecule is CCOC(=O)c1cc(NC(=O)[C@@](C)(CC)OC)ccc1OC(C)C. The molecule has 6 nitrogen and oxygen atoms in total. The predicted octanol–water partition coefficient (Wildman–Crippen LogP) is 3.40. The molecule has 1 rings (SSSR count). The van der Waals surface area contributed by atoms with Crippen molar-refractivity contribution in [1.82, 2.24) is 0 Å². The van der Waals surface area contributed by atoms with Crippen LogP contribution in [0.1, 0.15) is 51.4 Å². The van der Waals surface area contributed by atoms with Crippen molar-refractivity contribution in [3.8, 4) is 5.75 Å². The summed E-state index contributed by atoms with van der Waals surface area (Å²) >= 11 is 0. The van der Waals surface area contributed by atoms with Gasteiger partial charge >= 0.3 is 5.97 Å². The maximum atomic E-state index is 12.4. The molecule has 6 heteroatoms. The van der Waals surface area contributed by atoms with Crippen LogP contribution in [0.5, 0.6) is 5.75 Å². The van der Waals surface area contributed by atoms with Gasteiger partial charge in [-0.2, -0.15) is 0 Å². The molecule has 0 bridgehead atoms. The lowest BCUT2D eigenvalue weighted by atomic mass is 10.0. The Balaban J connectivity index is 3.11. The van der Waals surface area contributed by atoms with Gasteiger partial charge in [-0.25, -0.2) is 4.79 Å². The molecule has 0 aliphatic heterocycles. The lowest BCUT2D eigenvalue weighted by molar-refractivity contribution is -0.136. The Bertz CT molecular complexity index is 579. The molecule has 0 aliphatic carbocycles. The summed E-state index contributed by atoms with van der Waals surface area (Å²) in [6, 6.07) is 4.89. The normalized spacial score (nSPS) is 13.3. The van der Waals surface area contributed by atoms with Crippen LogP contribution in [0, 0.1) is 0 Å². The van der Waals surface area contributed by atoms with Crippen LogP contribution < -0.4 is 10.1 Å². The molecule has 1 N–H and O–H groups in total. The molecule has 0 unspecified atom stereocenters. The van der Waals surface area contributed by atoms with Gasteiger partial charge in [0.2, 0.25) is 0 Å². The minimum Gasteiger partial charge on any atom is -0.490 e. The monoisotopic (exact) mass is 337 g/mol. The molecular formula is C18H27NO5. The van der Waals surface area contributed by atoms with Crippen LogP contribution in [0.15, 0.2) is 18.2 Å². The fourth-order valence-electron chi connectivity index (χ4n) is 1.99. The zero-order valence-corrected chi connectivity index (χ0v) is 15.3. The second-order valence-corrected chi connectivity index (χ2v) is 5.84. The lowest BCUT2D eigenvalue weighted by Crippen LogP contribution is -2.41. The highest BCUT2D eigenvalue weighted by Gasteiger charge is 2.31. The largest absolute Gasteiger partial charge is 0.490 e. The van der Waals surface area contributed by atoms with Crippen molar-refractivity contribution in [3.63, 3.8) is 0 Å². The van der Waals surface area contributed by atoms with Gasteiger partial charge in [-0.15, -0.1) is 0 Å². The number of rotatable bonds is 8. The average Bonchev–Trinajstić information content (AvgIpc) is 2.55. The summed E-state index contributed by atoms with van der Waals surface area (Å²) in [4.78, 5) is 24.5. The summed E-state index contributed by atoms with van der Waals surface area (Å²) in [5.74, 6) is -0.347. The maximum absolute atomic E-state index is 12.4. The zero-order valence-electron chi connectivity index (χ0n) is 15.3. The number of nitrogens with one attached hydrogen (secondary N) is 1. The summed E-state index contributed by atoms with van der Waals surface area (Å²) in [7, 11) is 1.49. The highest BCUT2D eigenvalue weighted by molar-refractivity contribution is 5.99. The first-order valence-electron chi connectivity index (χ1n) is 8.11. The van der Waals surface area contributed by atoms with Gasteiger partial charge in [0.05, 0.1) is 12.7 Å². The standard InChI is InChI=1S/C18H27NO5/c1-7-18(5,22-6)17(21)19-13-9-10-15(24-12(3)4)14(11-13)16(20)23-8-2/h9-12H,7-8H2,1-6H3,(H,19,21)/t18-/m1/s1. The number of carbonyl (C=O) groups excluding carboxylic acids is 2. The maximum Gasteiger partial charge on any atom is 0.341 e. The summed E-state index contributed by atoms with van der Waals surface area (Å²) in [5.41, 5.74) is -0.174. The van der Waals surface area contributed by atoms with Crippen LogP contribution in [-0.2, 0) is 14.3 Å². The predicted molar refractivity (Wildman–Crippen MR) is 92.5 cm³/mol. The van der Waals surface area contributed by atoms with Crippen LogP contribution in [0.25, 0.3) is 0 Å². The Kier molecular flexibility index (Phi) is 7.22. The number of hydrogen-bond acceptors (Lipinski definition) is 5.